The molecule has 1 aromatic rings. The third kappa shape index (κ3) is 1.38. The van der Waals surface area contributed by atoms with Crippen LogP contribution in [0.4, 0.5) is 0 Å². The van der Waals surface area contributed by atoms with Gasteiger partial charge in [0, 0.05) is 19.5 Å². The van der Waals surface area contributed by atoms with Crippen molar-refractivity contribution in [2.45, 2.75) is 18.9 Å². The van der Waals surface area contributed by atoms with Gasteiger partial charge in [0.25, 0.3) is 0 Å². The maximum absolute atomic E-state index is 9.75. The molecule has 1 aromatic heterocycles. The van der Waals surface area contributed by atoms with Gasteiger partial charge in [-0.1, -0.05) is 0 Å². The van der Waals surface area contributed by atoms with Crippen LogP contribution in [-0.2, 0) is 6.42 Å². The lowest BCUT2D eigenvalue weighted by atomic mass is 9.92. The summed E-state index contributed by atoms with van der Waals surface area (Å²) in [5.74, 6) is 1.78. The Morgan fingerprint density at radius 1 is 1.58 bits per heavy atom. The normalized spacial score (nSPS) is 20.5. The van der Waals surface area contributed by atoms with E-state index in [1.807, 2.05) is 19.1 Å². The Hall–Kier alpha value is -0.800. The molecule has 0 saturated carbocycles. The van der Waals surface area contributed by atoms with Crippen LogP contribution in [0.2, 0.25) is 0 Å². The highest BCUT2D eigenvalue weighted by Crippen LogP contribution is 2.18. The minimum absolute atomic E-state index is 0.565. The molecule has 0 radical (unpaired) electrons. The van der Waals surface area contributed by atoms with Crippen molar-refractivity contribution >= 4 is 0 Å². The summed E-state index contributed by atoms with van der Waals surface area (Å²) in [6, 6.07) is 3.84. The predicted molar refractivity (Wildman–Crippen MR) is 45.0 cm³/mol. The first-order valence-corrected chi connectivity index (χ1v) is 4.16. The van der Waals surface area contributed by atoms with Gasteiger partial charge in [0.1, 0.15) is 11.5 Å². The topological polar surface area (TPSA) is 45.4 Å². The zero-order valence-electron chi connectivity index (χ0n) is 7.13. The smallest absolute Gasteiger partial charge is 0.107 e. The summed E-state index contributed by atoms with van der Waals surface area (Å²) in [5, 5.41) is 12.8. The van der Waals surface area contributed by atoms with E-state index >= 15 is 0 Å². The Labute approximate surface area is 71.4 Å². The summed E-state index contributed by atoms with van der Waals surface area (Å²) in [6.07, 6.45) is 0.619. The molecule has 1 saturated heterocycles. The number of hydrogen-bond acceptors (Lipinski definition) is 3. The number of β-amino-alcohol motifs (C(OH)–C–C–N with tert-alkyl or cyclic N) is 1. The Morgan fingerprint density at radius 2 is 2.33 bits per heavy atom. The molecule has 66 valence electrons. The van der Waals surface area contributed by atoms with Crippen molar-refractivity contribution < 1.29 is 9.52 Å². The van der Waals surface area contributed by atoms with Crippen LogP contribution in [0.1, 0.15) is 11.5 Å². The molecule has 2 N–H and O–H groups in total. The molecular formula is C9H13NO2. The third-order valence-electron chi connectivity index (χ3n) is 2.21. The van der Waals surface area contributed by atoms with E-state index in [0.29, 0.717) is 19.5 Å². The van der Waals surface area contributed by atoms with Crippen molar-refractivity contribution in [2.75, 3.05) is 13.1 Å². The number of nitrogens with one attached hydrogen (secondary N) is 1. The first kappa shape index (κ1) is 7.83. The van der Waals surface area contributed by atoms with E-state index in [9.17, 15) is 5.11 Å². The van der Waals surface area contributed by atoms with Crippen LogP contribution in [0.5, 0.6) is 0 Å². The van der Waals surface area contributed by atoms with Gasteiger partial charge in [0.15, 0.2) is 0 Å². The average molecular weight is 167 g/mol. The molecule has 0 amide bonds. The maximum Gasteiger partial charge on any atom is 0.107 e. The van der Waals surface area contributed by atoms with Crippen molar-refractivity contribution in [3.8, 4) is 0 Å². The van der Waals surface area contributed by atoms with Crippen LogP contribution in [0.15, 0.2) is 16.5 Å². The van der Waals surface area contributed by atoms with E-state index in [4.69, 9.17) is 4.42 Å². The zero-order valence-corrected chi connectivity index (χ0v) is 7.13. The van der Waals surface area contributed by atoms with Crippen molar-refractivity contribution in [2.24, 2.45) is 0 Å². The van der Waals surface area contributed by atoms with Gasteiger partial charge in [0.2, 0.25) is 0 Å². The van der Waals surface area contributed by atoms with Crippen LogP contribution >= 0.6 is 0 Å². The molecule has 1 aliphatic heterocycles. The van der Waals surface area contributed by atoms with Crippen LogP contribution in [0.25, 0.3) is 0 Å². The van der Waals surface area contributed by atoms with Gasteiger partial charge in [0.05, 0.1) is 5.60 Å². The molecule has 0 unspecified atom stereocenters. The number of aliphatic hydroxyl groups is 1. The lowest BCUT2D eigenvalue weighted by molar-refractivity contribution is -0.0131. The van der Waals surface area contributed by atoms with Gasteiger partial charge < -0.3 is 14.8 Å². The van der Waals surface area contributed by atoms with E-state index < -0.39 is 5.60 Å². The molecule has 12 heavy (non-hydrogen) atoms. The van der Waals surface area contributed by atoms with Gasteiger partial charge in [-0.25, -0.2) is 0 Å². The van der Waals surface area contributed by atoms with E-state index in [1.165, 1.54) is 0 Å². The van der Waals surface area contributed by atoms with Gasteiger partial charge in [-0.2, -0.15) is 0 Å². The third-order valence-corrected chi connectivity index (χ3v) is 2.21. The molecule has 3 heteroatoms. The fourth-order valence-corrected chi connectivity index (χ4v) is 1.44. The first-order chi connectivity index (χ1) is 5.68. The van der Waals surface area contributed by atoms with Crippen LogP contribution in [0, 0.1) is 6.92 Å². The van der Waals surface area contributed by atoms with Crippen LogP contribution in [0.3, 0.4) is 0 Å². The summed E-state index contributed by atoms with van der Waals surface area (Å²) in [5.41, 5.74) is -0.565. The lowest BCUT2D eigenvalue weighted by Gasteiger charge is -2.36. The van der Waals surface area contributed by atoms with Crippen molar-refractivity contribution in [1.29, 1.82) is 0 Å². The Balaban J connectivity index is 2.03. The second kappa shape index (κ2) is 2.61. The molecule has 0 aliphatic carbocycles. The largest absolute Gasteiger partial charge is 0.466 e. The number of aryl methyl sites for hydroxylation is 1. The van der Waals surface area contributed by atoms with Gasteiger partial charge >= 0.3 is 0 Å². The summed E-state index contributed by atoms with van der Waals surface area (Å²) in [6.45, 7) is 3.26. The molecule has 3 nitrogen and oxygen atoms in total. The van der Waals surface area contributed by atoms with E-state index in [0.717, 1.165) is 11.5 Å². The van der Waals surface area contributed by atoms with E-state index in [2.05, 4.69) is 5.32 Å². The fourth-order valence-electron chi connectivity index (χ4n) is 1.44. The molecule has 0 bridgehead atoms. The molecular weight excluding hydrogens is 154 g/mol. The zero-order chi connectivity index (χ0) is 8.60. The van der Waals surface area contributed by atoms with Gasteiger partial charge in [-0.15, -0.1) is 0 Å². The summed E-state index contributed by atoms with van der Waals surface area (Å²) in [7, 11) is 0. The van der Waals surface area contributed by atoms with Gasteiger partial charge in [-0.05, 0) is 19.1 Å². The van der Waals surface area contributed by atoms with Crippen LogP contribution < -0.4 is 5.32 Å². The highest BCUT2D eigenvalue weighted by Gasteiger charge is 2.35. The SMILES string of the molecule is Cc1ccc(CC2(O)CNC2)o1. The van der Waals surface area contributed by atoms with Crippen molar-refractivity contribution in [3.63, 3.8) is 0 Å². The summed E-state index contributed by atoms with van der Waals surface area (Å²) >= 11 is 0. The number of furan rings is 1. The summed E-state index contributed by atoms with van der Waals surface area (Å²) in [4.78, 5) is 0. The van der Waals surface area contributed by atoms with Gasteiger partial charge in [-0.3, -0.25) is 0 Å². The Bertz CT molecular complexity index is 276. The second-order valence-corrected chi connectivity index (χ2v) is 3.52. The maximum atomic E-state index is 9.75. The quantitative estimate of drug-likeness (QED) is 0.672. The molecule has 2 heterocycles. The second-order valence-electron chi connectivity index (χ2n) is 3.52. The Kier molecular flexibility index (Phi) is 1.70. The standard InChI is InChI=1S/C9H13NO2/c1-7-2-3-8(12-7)4-9(11)5-10-6-9/h2-3,10-11H,4-6H2,1H3. The van der Waals surface area contributed by atoms with Crippen molar-refractivity contribution in [1.82, 2.24) is 5.32 Å². The minimum atomic E-state index is -0.565. The molecule has 1 aliphatic rings. The van der Waals surface area contributed by atoms with Crippen LogP contribution in [-0.4, -0.2) is 23.8 Å². The lowest BCUT2D eigenvalue weighted by Crippen LogP contribution is -2.60. The van der Waals surface area contributed by atoms with Crippen molar-refractivity contribution in [3.05, 3.63) is 23.7 Å². The highest BCUT2D eigenvalue weighted by molar-refractivity contribution is 5.10. The number of rotatable bonds is 2. The Morgan fingerprint density at radius 3 is 2.75 bits per heavy atom. The van der Waals surface area contributed by atoms with E-state index in [-0.39, 0.29) is 0 Å². The molecule has 1 fully saturated rings. The summed E-state index contributed by atoms with van der Waals surface area (Å²) < 4.78 is 5.37. The van der Waals surface area contributed by atoms with E-state index in [1.54, 1.807) is 0 Å². The monoisotopic (exact) mass is 167 g/mol. The molecule has 0 aromatic carbocycles. The molecule has 0 atom stereocenters. The molecule has 2 rings (SSSR count). The predicted octanol–water partition coefficient (Wildman–Crippen LogP) is 0.465. The first-order valence-electron chi connectivity index (χ1n) is 4.16. The minimum Gasteiger partial charge on any atom is -0.466 e. The average Bonchev–Trinajstić information content (AvgIpc) is 2.32. The molecule has 0 spiro atoms. The fraction of sp³-hybridized carbons (Fsp3) is 0.556. The highest BCUT2D eigenvalue weighted by atomic mass is 16.3. The number of hydrogen-bond donors (Lipinski definition) is 2.